The van der Waals surface area contributed by atoms with Crippen molar-refractivity contribution in [3.63, 3.8) is 0 Å². The number of nitrogens with one attached hydrogen (secondary N) is 1. The van der Waals surface area contributed by atoms with Gasteiger partial charge < -0.3 is 19.4 Å². The number of ether oxygens (including phenoxy) is 1. The van der Waals surface area contributed by atoms with Crippen LogP contribution in [0.5, 0.6) is 0 Å². The van der Waals surface area contributed by atoms with Crippen LogP contribution in [0.4, 0.5) is 0 Å². The third-order valence-electron chi connectivity index (χ3n) is 12.9. The number of phosphoric ester groups is 1. The van der Waals surface area contributed by atoms with Crippen LogP contribution in [-0.4, -0.2) is 74.3 Å². The number of amides is 1. The van der Waals surface area contributed by atoms with Crippen LogP contribution in [-0.2, 0) is 27.9 Å². The first-order chi connectivity index (χ1) is 34.9. The summed E-state index contributed by atoms with van der Waals surface area (Å²) in [4.78, 5) is 37.6. The molecule has 0 aliphatic rings. The summed E-state index contributed by atoms with van der Waals surface area (Å²) in [5, 5.41) is 3.03. The molecule has 1 amide bonds. The first kappa shape index (κ1) is 69.5. The average molecular weight is 1030 g/mol. The second-order valence-corrected chi connectivity index (χ2v) is 22.6. The summed E-state index contributed by atoms with van der Waals surface area (Å²) in [6.45, 7) is 6.87. The number of carbonyl (C=O) groups is 2. The molecule has 0 saturated heterocycles. The van der Waals surface area contributed by atoms with E-state index in [2.05, 4.69) is 86.8 Å². The van der Waals surface area contributed by atoms with Gasteiger partial charge in [0.2, 0.25) is 5.91 Å². The van der Waals surface area contributed by atoms with Crippen LogP contribution >= 0.6 is 7.82 Å². The van der Waals surface area contributed by atoms with Gasteiger partial charge in [-0.05, 0) is 96.0 Å². The van der Waals surface area contributed by atoms with Gasteiger partial charge >= 0.3 is 13.8 Å². The number of hydrogen-bond acceptors (Lipinski definition) is 6. The second kappa shape index (κ2) is 51.9. The van der Waals surface area contributed by atoms with Gasteiger partial charge in [-0.3, -0.25) is 18.6 Å². The van der Waals surface area contributed by atoms with E-state index in [1.165, 1.54) is 122 Å². The number of carbonyl (C=O) groups excluding carboxylic acids is 2. The molecule has 9 nitrogen and oxygen atoms in total. The van der Waals surface area contributed by atoms with Crippen LogP contribution in [0.25, 0.3) is 0 Å². The Labute approximate surface area is 444 Å². The predicted molar refractivity (Wildman–Crippen MR) is 309 cm³/mol. The Hall–Kier alpha value is -2.55. The zero-order chi connectivity index (χ0) is 52.9. The van der Waals surface area contributed by atoms with Crippen molar-refractivity contribution in [2.45, 2.75) is 270 Å². The van der Waals surface area contributed by atoms with E-state index in [-0.39, 0.29) is 31.5 Å². The second-order valence-electron chi connectivity index (χ2n) is 21.1. The Morgan fingerprint density at radius 1 is 0.500 bits per heavy atom. The molecule has 0 spiro atoms. The third kappa shape index (κ3) is 52.3. The van der Waals surface area contributed by atoms with Crippen LogP contribution in [0.2, 0.25) is 0 Å². The van der Waals surface area contributed by atoms with Crippen molar-refractivity contribution in [3.8, 4) is 0 Å². The smallest absolute Gasteiger partial charge is 0.456 e. The number of likely N-dealkylation sites (N-methyl/N-ethyl adjacent to an activating group) is 1. The highest BCUT2D eigenvalue weighted by molar-refractivity contribution is 7.47. The molecule has 3 atom stereocenters. The largest absolute Gasteiger partial charge is 0.472 e. The number of unbranched alkanes of at least 4 members (excludes halogenated alkanes) is 27. The molecule has 0 aromatic rings. The maximum atomic E-state index is 13.5. The standard InChI is InChI=1S/C62H113N2O7P/c1-7-10-13-16-19-22-25-28-30-32-34-37-40-43-46-49-52-55-62(66)71-60(53-50-47-44-41-38-35-27-24-21-18-15-12-9-3)59(58-70-72(67,68)69-57-56-64(4,5)6)63-61(65)54-51-48-45-42-39-36-33-31-29-26-23-20-17-14-11-8-2/h11,14,20,23,28-31,36,39,50,53,59-60H,7-10,12-13,15-19,21-22,24-27,32-35,37-38,40-49,51-52,54-58H2,1-6H3,(H-,63,65,67,68)/p+1/b14-11+,23-20+,30-28+,31-29+,39-36+,53-50+. The zero-order valence-corrected chi connectivity index (χ0v) is 48.6. The Balaban J connectivity index is 5.40. The molecule has 0 fully saturated rings. The number of quaternary nitrogens is 1. The van der Waals surface area contributed by atoms with E-state index >= 15 is 0 Å². The van der Waals surface area contributed by atoms with Crippen LogP contribution in [0.3, 0.4) is 0 Å². The van der Waals surface area contributed by atoms with Gasteiger partial charge in [0.1, 0.15) is 19.3 Å². The van der Waals surface area contributed by atoms with Gasteiger partial charge in [-0.25, -0.2) is 4.57 Å². The molecule has 0 radical (unpaired) electrons. The van der Waals surface area contributed by atoms with Crippen LogP contribution in [0, 0.1) is 0 Å². The van der Waals surface area contributed by atoms with Gasteiger partial charge in [0.15, 0.2) is 0 Å². The van der Waals surface area contributed by atoms with Crippen molar-refractivity contribution in [3.05, 3.63) is 72.9 Å². The molecule has 2 N–H and O–H groups in total. The van der Waals surface area contributed by atoms with Gasteiger partial charge in [0, 0.05) is 12.8 Å². The number of allylic oxidation sites excluding steroid dienone is 11. The fourth-order valence-electron chi connectivity index (χ4n) is 8.28. The first-order valence-electron chi connectivity index (χ1n) is 29.8. The molecule has 0 aliphatic heterocycles. The molecule has 0 saturated carbocycles. The topological polar surface area (TPSA) is 111 Å². The molecule has 10 heteroatoms. The highest BCUT2D eigenvalue weighted by Gasteiger charge is 2.30. The molecule has 0 heterocycles. The molecule has 0 bridgehead atoms. The van der Waals surface area contributed by atoms with E-state index in [0.29, 0.717) is 23.9 Å². The summed E-state index contributed by atoms with van der Waals surface area (Å²) >= 11 is 0. The summed E-state index contributed by atoms with van der Waals surface area (Å²) in [5.41, 5.74) is 0. The fourth-order valence-corrected chi connectivity index (χ4v) is 9.01. The van der Waals surface area contributed by atoms with Gasteiger partial charge in [-0.15, -0.1) is 0 Å². The van der Waals surface area contributed by atoms with Gasteiger partial charge in [-0.1, -0.05) is 222 Å². The van der Waals surface area contributed by atoms with Crippen molar-refractivity contribution in [2.75, 3.05) is 40.9 Å². The lowest BCUT2D eigenvalue weighted by Gasteiger charge is -2.27. The third-order valence-corrected chi connectivity index (χ3v) is 13.9. The summed E-state index contributed by atoms with van der Waals surface area (Å²) < 4.78 is 30.6. The summed E-state index contributed by atoms with van der Waals surface area (Å²) in [6.07, 6.45) is 66.1. The number of hydrogen-bond donors (Lipinski definition) is 2. The van der Waals surface area contributed by atoms with E-state index in [1.807, 2.05) is 33.3 Å². The summed E-state index contributed by atoms with van der Waals surface area (Å²) in [5.74, 6) is -0.545. The highest BCUT2D eigenvalue weighted by Crippen LogP contribution is 2.43. The lowest BCUT2D eigenvalue weighted by molar-refractivity contribution is -0.870. The van der Waals surface area contributed by atoms with Crippen molar-refractivity contribution in [1.29, 1.82) is 0 Å². The monoisotopic (exact) mass is 1030 g/mol. The van der Waals surface area contributed by atoms with Crippen molar-refractivity contribution in [1.82, 2.24) is 5.32 Å². The van der Waals surface area contributed by atoms with Gasteiger partial charge in [-0.2, -0.15) is 0 Å². The van der Waals surface area contributed by atoms with Crippen LogP contribution in [0.1, 0.15) is 258 Å². The maximum absolute atomic E-state index is 13.5. The highest BCUT2D eigenvalue weighted by atomic mass is 31.2. The van der Waals surface area contributed by atoms with Crippen LogP contribution in [0.15, 0.2) is 72.9 Å². The van der Waals surface area contributed by atoms with E-state index in [4.69, 9.17) is 13.8 Å². The minimum absolute atomic E-state index is 0.0309. The quantitative estimate of drug-likeness (QED) is 0.0205. The Bertz CT molecular complexity index is 1460. The van der Waals surface area contributed by atoms with E-state index in [0.717, 1.165) is 96.3 Å². The normalized spacial score (nSPS) is 14.3. The minimum atomic E-state index is -4.46. The number of nitrogens with zero attached hydrogens (tertiary/aromatic N) is 1. The molecule has 0 aliphatic carbocycles. The van der Waals surface area contributed by atoms with Crippen LogP contribution < -0.4 is 5.32 Å². The summed E-state index contributed by atoms with van der Waals surface area (Å²) in [7, 11) is 1.47. The zero-order valence-electron chi connectivity index (χ0n) is 47.7. The molecule has 0 aromatic carbocycles. The van der Waals surface area contributed by atoms with Crippen molar-refractivity contribution in [2.24, 2.45) is 0 Å². The lowest BCUT2D eigenvalue weighted by atomic mass is 10.0. The van der Waals surface area contributed by atoms with Crippen molar-refractivity contribution >= 4 is 19.7 Å². The SMILES string of the molecule is CC/C=C/C/C=C/C/C=C/C/C=C/CCCCCC(=O)NC(COP(=O)(O)OCC[N+](C)(C)C)C(/C=C/CCCCCCCCCCCCC)OC(=O)CCCCCCCCC/C=C/CCCCCCCC. The molecular formula is C62H114N2O7P+. The lowest BCUT2D eigenvalue weighted by Crippen LogP contribution is -2.47. The summed E-state index contributed by atoms with van der Waals surface area (Å²) in [6, 6.07) is -0.868. The maximum Gasteiger partial charge on any atom is 0.472 e. The number of rotatable bonds is 53. The molecule has 0 aromatic heterocycles. The number of esters is 1. The van der Waals surface area contributed by atoms with Gasteiger partial charge in [0.05, 0.1) is 33.8 Å². The van der Waals surface area contributed by atoms with Gasteiger partial charge in [0.25, 0.3) is 0 Å². The minimum Gasteiger partial charge on any atom is -0.456 e. The fraction of sp³-hybridized carbons (Fsp3) is 0.774. The molecule has 418 valence electrons. The molecular weight excluding hydrogens is 916 g/mol. The van der Waals surface area contributed by atoms with E-state index in [9.17, 15) is 19.0 Å². The number of phosphoric acid groups is 1. The predicted octanol–water partition coefficient (Wildman–Crippen LogP) is 18.1. The first-order valence-corrected chi connectivity index (χ1v) is 31.3. The average Bonchev–Trinajstić information content (AvgIpc) is 3.34. The molecule has 72 heavy (non-hydrogen) atoms. The molecule has 3 unspecified atom stereocenters. The molecule has 0 rings (SSSR count). The van der Waals surface area contributed by atoms with E-state index in [1.54, 1.807) is 0 Å². The Morgan fingerprint density at radius 2 is 0.889 bits per heavy atom. The van der Waals surface area contributed by atoms with E-state index < -0.39 is 20.0 Å². The van der Waals surface area contributed by atoms with Crippen molar-refractivity contribution < 1.29 is 37.3 Å². The Kier molecular flexibility index (Phi) is 50.1. The Morgan fingerprint density at radius 3 is 1.36 bits per heavy atom.